The summed E-state index contributed by atoms with van der Waals surface area (Å²) < 4.78 is 68.4. The second kappa shape index (κ2) is 65.4. The van der Waals surface area contributed by atoms with Crippen molar-refractivity contribution < 1.29 is 80.2 Å². The lowest BCUT2D eigenvalue weighted by atomic mass is 10.0. The molecule has 0 saturated heterocycles. The Bertz CT molecular complexity index is 1750. The van der Waals surface area contributed by atoms with Gasteiger partial charge in [0.25, 0.3) is 0 Å². The number of carbonyl (C=O) groups excluding carboxylic acids is 4. The molecule has 19 heteroatoms. The lowest BCUT2D eigenvalue weighted by molar-refractivity contribution is -0.161. The number of aliphatic hydroxyl groups excluding tert-OH is 1. The molecular formula is C72H140O17P2. The maximum absolute atomic E-state index is 13.0. The molecule has 0 rings (SSSR count). The van der Waals surface area contributed by atoms with Gasteiger partial charge < -0.3 is 33.8 Å². The quantitative estimate of drug-likeness (QED) is 0.0222. The number of esters is 4. The van der Waals surface area contributed by atoms with Crippen LogP contribution in [0.2, 0.25) is 0 Å². The molecule has 0 aliphatic carbocycles. The Balaban J connectivity index is 5.24. The molecule has 0 heterocycles. The van der Waals surface area contributed by atoms with E-state index in [-0.39, 0.29) is 25.7 Å². The third-order valence-corrected chi connectivity index (χ3v) is 18.7. The van der Waals surface area contributed by atoms with Gasteiger partial charge in [-0.15, -0.1) is 0 Å². The molecule has 0 bridgehead atoms. The van der Waals surface area contributed by atoms with E-state index in [0.29, 0.717) is 25.7 Å². The van der Waals surface area contributed by atoms with Gasteiger partial charge in [0.2, 0.25) is 0 Å². The average Bonchev–Trinajstić information content (AvgIpc) is 2.54. The summed E-state index contributed by atoms with van der Waals surface area (Å²) >= 11 is 0. The molecule has 0 aromatic carbocycles. The lowest BCUT2D eigenvalue weighted by Gasteiger charge is -2.21. The smallest absolute Gasteiger partial charge is 0.462 e. The molecule has 2 unspecified atom stereocenters. The van der Waals surface area contributed by atoms with Crippen LogP contribution < -0.4 is 0 Å². The zero-order valence-corrected chi connectivity index (χ0v) is 60.8. The Labute approximate surface area is 556 Å². The van der Waals surface area contributed by atoms with E-state index in [1.165, 1.54) is 199 Å². The summed E-state index contributed by atoms with van der Waals surface area (Å²) in [4.78, 5) is 72.6. The molecule has 0 aromatic rings. The predicted octanol–water partition coefficient (Wildman–Crippen LogP) is 20.9. The molecule has 540 valence electrons. The lowest BCUT2D eigenvalue weighted by Crippen LogP contribution is -2.30. The van der Waals surface area contributed by atoms with E-state index in [4.69, 9.17) is 37.0 Å². The second-order valence-corrected chi connectivity index (χ2v) is 29.4. The third-order valence-electron chi connectivity index (χ3n) is 16.8. The van der Waals surface area contributed by atoms with Crippen LogP contribution in [0.3, 0.4) is 0 Å². The number of unbranched alkanes of at least 4 members (excludes halogenated alkanes) is 44. The molecule has 5 atom stereocenters. The zero-order chi connectivity index (χ0) is 67.0. The van der Waals surface area contributed by atoms with Crippen molar-refractivity contribution in [2.45, 2.75) is 393 Å². The van der Waals surface area contributed by atoms with Crippen molar-refractivity contribution in [2.24, 2.45) is 5.92 Å². The molecular weight excluding hydrogens is 1200 g/mol. The van der Waals surface area contributed by atoms with E-state index >= 15 is 0 Å². The number of ether oxygens (including phenoxy) is 4. The number of aliphatic hydroxyl groups is 1. The van der Waals surface area contributed by atoms with Crippen LogP contribution >= 0.6 is 15.6 Å². The first-order chi connectivity index (χ1) is 44.0. The van der Waals surface area contributed by atoms with Crippen LogP contribution in [0.5, 0.6) is 0 Å². The first kappa shape index (κ1) is 89.1. The minimum Gasteiger partial charge on any atom is -0.462 e. The summed E-state index contributed by atoms with van der Waals surface area (Å²) in [6.07, 6.45) is 52.5. The largest absolute Gasteiger partial charge is 0.472 e. The number of hydrogen-bond acceptors (Lipinski definition) is 15. The van der Waals surface area contributed by atoms with Crippen LogP contribution in [0.25, 0.3) is 0 Å². The van der Waals surface area contributed by atoms with Crippen molar-refractivity contribution in [2.75, 3.05) is 39.6 Å². The number of rotatable bonds is 72. The summed E-state index contributed by atoms with van der Waals surface area (Å²) in [6, 6.07) is 0. The number of carbonyl (C=O) groups is 4. The first-order valence-corrected chi connectivity index (χ1v) is 40.6. The van der Waals surface area contributed by atoms with Crippen molar-refractivity contribution >= 4 is 39.5 Å². The van der Waals surface area contributed by atoms with Crippen LogP contribution in [0, 0.1) is 5.92 Å². The van der Waals surface area contributed by atoms with Gasteiger partial charge in [-0.05, 0) is 31.6 Å². The molecule has 0 saturated carbocycles. The van der Waals surface area contributed by atoms with Gasteiger partial charge in [-0.2, -0.15) is 0 Å². The van der Waals surface area contributed by atoms with E-state index in [1.54, 1.807) is 0 Å². The van der Waals surface area contributed by atoms with Crippen molar-refractivity contribution in [1.29, 1.82) is 0 Å². The Morgan fingerprint density at radius 3 is 0.747 bits per heavy atom. The minimum absolute atomic E-state index is 0.108. The molecule has 17 nitrogen and oxygen atoms in total. The van der Waals surface area contributed by atoms with Crippen molar-refractivity contribution in [3.63, 3.8) is 0 Å². The Hall–Kier alpha value is -1.94. The van der Waals surface area contributed by atoms with Crippen LogP contribution in [0.4, 0.5) is 0 Å². The second-order valence-electron chi connectivity index (χ2n) is 26.5. The van der Waals surface area contributed by atoms with Crippen LogP contribution in [0.15, 0.2) is 0 Å². The molecule has 0 aliphatic heterocycles. The molecule has 91 heavy (non-hydrogen) atoms. The maximum atomic E-state index is 13.0. The van der Waals surface area contributed by atoms with Gasteiger partial charge in [0.1, 0.15) is 19.3 Å². The van der Waals surface area contributed by atoms with Crippen LogP contribution in [0.1, 0.15) is 375 Å². The fourth-order valence-corrected chi connectivity index (χ4v) is 12.6. The van der Waals surface area contributed by atoms with E-state index in [2.05, 4.69) is 34.6 Å². The van der Waals surface area contributed by atoms with Crippen LogP contribution in [-0.2, 0) is 65.4 Å². The molecule has 0 aliphatic rings. The monoisotopic (exact) mass is 1340 g/mol. The normalized spacial score (nSPS) is 14.0. The molecule has 0 spiro atoms. The summed E-state index contributed by atoms with van der Waals surface area (Å²) in [5, 5.41) is 10.6. The molecule has 3 N–H and O–H groups in total. The average molecular weight is 1340 g/mol. The van der Waals surface area contributed by atoms with Crippen molar-refractivity contribution in [1.82, 2.24) is 0 Å². The topological polar surface area (TPSA) is 237 Å². The highest BCUT2D eigenvalue weighted by molar-refractivity contribution is 7.47. The maximum Gasteiger partial charge on any atom is 0.472 e. The van der Waals surface area contributed by atoms with Crippen LogP contribution in [-0.4, -0.2) is 96.7 Å². The van der Waals surface area contributed by atoms with Gasteiger partial charge in [-0.25, -0.2) is 9.13 Å². The fourth-order valence-electron chi connectivity index (χ4n) is 11.0. The minimum atomic E-state index is -4.95. The molecule has 0 amide bonds. The van der Waals surface area contributed by atoms with Gasteiger partial charge in [0.15, 0.2) is 12.2 Å². The van der Waals surface area contributed by atoms with Gasteiger partial charge in [-0.3, -0.25) is 37.3 Å². The van der Waals surface area contributed by atoms with Crippen molar-refractivity contribution in [3.8, 4) is 0 Å². The van der Waals surface area contributed by atoms with E-state index in [9.17, 15) is 43.2 Å². The number of phosphoric acid groups is 2. The Kier molecular flexibility index (Phi) is 64.0. The molecule has 0 radical (unpaired) electrons. The standard InChI is InChI=1S/C72H140O17P2/c1-6-9-12-15-18-21-23-25-27-31-36-41-46-51-56-70(75)83-62-68(89-72(77)58-53-48-43-38-33-29-28-30-35-39-44-49-54-65(4)5)64-87-91(80,81)85-60-66(73)59-84-90(78,79)86-63-67(61-82-69(74)55-50-45-40-34-20-17-14-11-8-3)88-71(76)57-52-47-42-37-32-26-24-22-19-16-13-10-7-2/h65-68,73H,6-64H2,1-5H3,(H,78,79)(H,80,81)/t66-,67+,68+/m0/s1. The summed E-state index contributed by atoms with van der Waals surface area (Å²) in [7, 11) is -9.90. The number of hydrogen-bond donors (Lipinski definition) is 3. The zero-order valence-electron chi connectivity index (χ0n) is 59.0. The van der Waals surface area contributed by atoms with Gasteiger partial charge >= 0.3 is 39.5 Å². The summed E-state index contributed by atoms with van der Waals surface area (Å²) in [5.41, 5.74) is 0. The highest BCUT2D eigenvalue weighted by Gasteiger charge is 2.30. The Morgan fingerprint density at radius 2 is 0.505 bits per heavy atom. The van der Waals surface area contributed by atoms with Gasteiger partial charge in [-0.1, -0.05) is 324 Å². The summed E-state index contributed by atoms with van der Waals surface area (Å²) in [5.74, 6) is -1.34. The summed E-state index contributed by atoms with van der Waals surface area (Å²) in [6.45, 7) is 7.27. The highest BCUT2D eigenvalue weighted by atomic mass is 31.2. The van der Waals surface area contributed by atoms with E-state index in [0.717, 1.165) is 95.8 Å². The van der Waals surface area contributed by atoms with E-state index in [1.807, 2.05) is 0 Å². The fraction of sp³-hybridized carbons (Fsp3) is 0.944. The molecule has 0 fully saturated rings. The van der Waals surface area contributed by atoms with Gasteiger partial charge in [0.05, 0.1) is 26.4 Å². The molecule has 0 aromatic heterocycles. The highest BCUT2D eigenvalue weighted by Crippen LogP contribution is 2.45. The Morgan fingerprint density at radius 1 is 0.297 bits per heavy atom. The third kappa shape index (κ3) is 66.5. The number of phosphoric ester groups is 2. The predicted molar refractivity (Wildman–Crippen MR) is 368 cm³/mol. The van der Waals surface area contributed by atoms with Crippen molar-refractivity contribution in [3.05, 3.63) is 0 Å². The SMILES string of the molecule is CCCCCCCCCCCCCCCCC(=O)OC[C@H](COP(=O)(O)OC[C@@H](O)COP(=O)(O)OC[C@@H](COC(=O)CCCCCCCCCCC)OC(=O)CCCCCCCCCCCCCCC)OC(=O)CCCCCCCCCCCCCCC(C)C. The van der Waals surface area contributed by atoms with Gasteiger partial charge in [0, 0.05) is 25.7 Å². The first-order valence-electron chi connectivity index (χ1n) is 37.6. The van der Waals surface area contributed by atoms with E-state index < -0.39 is 97.5 Å².